The van der Waals surface area contributed by atoms with Crippen molar-refractivity contribution in [3.05, 3.63) is 52.2 Å². The summed E-state index contributed by atoms with van der Waals surface area (Å²) in [5, 5.41) is 4.33. The lowest BCUT2D eigenvalue weighted by Crippen LogP contribution is -2.46. The minimum Gasteiger partial charge on any atom is -0.334 e. The molecule has 1 amide bonds. The van der Waals surface area contributed by atoms with E-state index < -0.39 is 0 Å². The Bertz CT molecular complexity index is 762. The van der Waals surface area contributed by atoms with Crippen LogP contribution in [0.5, 0.6) is 0 Å². The second-order valence-corrected chi connectivity index (χ2v) is 6.25. The molecular formula is C17H22N4O2. The van der Waals surface area contributed by atoms with Gasteiger partial charge in [-0.1, -0.05) is 0 Å². The molecule has 0 N–H and O–H groups in total. The first-order chi connectivity index (χ1) is 11.0. The summed E-state index contributed by atoms with van der Waals surface area (Å²) in [4.78, 5) is 26.5. The Morgan fingerprint density at radius 2 is 2.22 bits per heavy atom. The molecule has 23 heavy (non-hydrogen) atoms. The molecule has 2 aromatic rings. The first-order valence-electron chi connectivity index (χ1n) is 8.01. The fourth-order valence-electron chi connectivity index (χ4n) is 3.09. The third-order valence-corrected chi connectivity index (χ3v) is 4.40. The van der Waals surface area contributed by atoms with Crippen molar-refractivity contribution >= 4 is 5.91 Å². The molecular weight excluding hydrogens is 292 g/mol. The zero-order chi connectivity index (χ0) is 16.4. The normalized spacial score (nSPS) is 18.2. The molecule has 1 fully saturated rings. The van der Waals surface area contributed by atoms with Crippen molar-refractivity contribution in [2.75, 3.05) is 6.54 Å². The first-order valence-corrected chi connectivity index (χ1v) is 8.01. The summed E-state index contributed by atoms with van der Waals surface area (Å²) in [5.41, 5.74) is 1.42. The summed E-state index contributed by atoms with van der Waals surface area (Å²) >= 11 is 0. The highest BCUT2D eigenvalue weighted by Gasteiger charge is 2.28. The zero-order valence-corrected chi connectivity index (χ0v) is 13.6. The molecule has 122 valence electrons. The summed E-state index contributed by atoms with van der Waals surface area (Å²) in [6, 6.07) is 3.26. The molecule has 0 spiro atoms. The Hall–Kier alpha value is -2.37. The molecule has 0 radical (unpaired) electrons. The van der Waals surface area contributed by atoms with Crippen molar-refractivity contribution in [1.82, 2.24) is 19.2 Å². The van der Waals surface area contributed by atoms with Gasteiger partial charge in [0, 0.05) is 37.6 Å². The molecule has 0 aliphatic carbocycles. The predicted octanol–water partition coefficient (Wildman–Crippen LogP) is 1.59. The summed E-state index contributed by atoms with van der Waals surface area (Å²) < 4.78 is 3.37. The summed E-state index contributed by atoms with van der Waals surface area (Å²) in [5.74, 6) is -0.0590. The number of hydrogen-bond donors (Lipinski definition) is 0. The van der Waals surface area contributed by atoms with Crippen LogP contribution < -0.4 is 5.56 Å². The molecule has 0 aromatic carbocycles. The third-order valence-electron chi connectivity index (χ3n) is 4.40. The number of carbonyl (C=O) groups excluding carboxylic acids is 1. The maximum absolute atomic E-state index is 12.8. The minimum atomic E-state index is -0.160. The maximum Gasteiger partial charge on any atom is 0.254 e. The van der Waals surface area contributed by atoms with E-state index in [1.54, 1.807) is 19.3 Å². The van der Waals surface area contributed by atoms with Crippen molar-refractivity contribution in [2.24, 2.45) is 7.05 Å². The van der Waals surface area contributed by atoms with Crippen LogP contribution >= 0.6 is 0 Å². The van der Waals surface area contributed by atoms with Crippen molar-refractivity contribution in [2.45, 2.75) is 38.8 Å². The smallest absolute Gasteiger partial charge is 0.254 e. The molecule has 3 heterocycles. The topological polar surface area (TPSA) is 60.1 Å². The van der Waals surface area contributed by atoms with E-state index in [-0.39, 0.29) is 17.5 Å². The summed E-state index contributed by atoms with van der Waals surface area (Å²) in [7, 11) is 1.68. The number of aryl methyl sites for hydroxylation is 2. The highest BCUT2D eigenvalue weighted by atomic mass is 16.2. The van der Waals surface area contributed by atoms with E-state index in [1.807, 2.05) is 28.9 Å². The standard InChI is InChI=1S/C17H22N4O2/c1-13-10-18-20(11-13)12-15-5-3-4-7-21(15)17(23)14-6-8-19(2)16(22)9-14/h6,8-11,15H,3-5,7,12H2,1-2H3/t15-/m1/s1. The average molecular weight is 314 g/mol. The lowest BCUT2D eigenvalue weighted by molar-refractivity contribution is 0.0583. The maximum atomic E-state index is 12.8. The Morgan fingerprint density at radius 3 is 2.91 bits per heavy atom. The van der Waals surface area contributed by atoms with Gasteiger partial charge in [0.25, 0.3) is 11.5 Å². The van der Waals surface area contributed by atoms with E-state index in [2.05, 4.69) is 5.10 Å². The van der Waals surface area contributed by atoms with Crippen molar-refractivity contribution in [3.8, 4) is 0 Å². The molecule has 1 saturated heterocycles. The van der Waals surface area contributed by atoms with Gasteiger partial charge in [-0.3, -0.25) is 14.3 Å². The quantitative estimate of drug-likeness (QED) is 0.864. The molecule has 0 saturated carbocycles. The van der Waals surface area contributed by atoms with Crippen LogP contribution in [0.15, 0.2) is 35.5 Å². The molecule has 0 unspecified atom stereocenters. The molecule has 2 aromatic heterocycles. The monoisotopic (exact) mass is 314 g/mol. The van der Waals surface area contributed by atoms with Crippen molar-refractivity contribution in [1.29, 1.82) is 0 Å². The number of amides is 1. The van der Waals surface area contributed by atoms with Crippen LogP contribution in [0.2, 0.25) is 0 Å². The number of pyridine rings is 1. The van der Waals surface area contributed by atoms with Crippen LogP contribution in [0.25, 0.3) is 0 Å². The van der Waals surface area contributed by atoms with Gasteiger partial charge in [0.1, 0.15) is 0 Å². The highest BCUT2D eigenvalue weighted by molar-refractivity contribution is 5.94. The Balaban J connectivity index is 1.81. The van der Waals surface area contributed by atoms with E-state index in [0.29, 0.717) is 12.1 Å². The van der Waals surface area contributed by atoms with Crippen LogP contribution in [0.1, 0.15) is 35.2 Å². The summed E-state index contributed by atoms with van der Waals surface area (Å²) in [6.07, 6.45) is 8.56. The molecule has 1 aliphatic heterocycles. The van der Waals surface area contributed by atoms with Crippen molar-refractivity contribution in [3.63, 3.8) is 0 Å². The van der Waals surface area contributed by atoms with Gasteiger partial charge >= 0.3 is 0 Å². The largest absolute Gasteiger partial charge is 0.334 e. The van der Waals surface area contributed by atoms with Gasteiger partial charge in [-0.05, 0) is 37.8 Å². The van der Waals surface area contributed by atoms with Crippen LogP contribution in [-0.2, 0) is 13.6 Å². The lowest BCUT2D eigenvalue weighted by atomic mass is 10.0. The Kier molecular flexibility index (Phi) is 4.32. The Labute approximate surface area is 135 Å². The van der Waals surface area contributed by atoms with Crippen molar-refractivity contribution < 1.29 is 4.79 Å². The second-order valence-electron chi connectivity index (χ2n) is 6.25. The number of piperidine rings is 1. The second kappa shape index (κ2) is 6.40. The zero-order valence-electron chi connectivity index (χ0n) is 13.6. The van der Waals surface area contributed by atoms with E-state index in [9.17, 15) is 9.59 Å². The molecule has 6 heteroatoms. The third kappa shape index (κ3) is 3.36. The van der Waals surface area contributed by atoms with E-state index in [1.165, 1.54) is 10.6 Å². The van der Waals surface area contributed by atoms with Gasteiger partial charge in [0.15, 0.2) is 0 Å². The van der Waals surface area contributed by atoms with Crippen LogP contribution in [-0.4, -0.2) is 37.7 Å². The number of rotatable bonds is 3. The summed E-state index contributed by atoms with van der Waals surface area (Å²) in [6.45, 7) is 3.44. The van der Waals surface area contributed by atoms with Gasteiger partial charge in [-0.2, -0.15) is 5.10 Å². The number of carbonyl (C=O) groups is 1. The number of hydrogen-bond acceptors (Lipinski definition) is 3. The highest BCUT2D eigenvalue weighted by Crippen LogP contribution is 2.20. The number of aromatic nitrogens is 3. The molecule has 1 atom stereocenters. The predicted molar refractivity (Wildman–Crippen MR) is 87.3 cm³/mol. The molecule has 6 nitrogen and oxygen atoms in total. The molecule has 1 aliphatic rings. The molecule has 0 bridgehead atoms. The van der Waals surface area contributed by atoms with Crippen LogP contribution in [0, 0.1) is 6.92 Å². The molecule has 3 rings (SSSR count). The minimum absolute atomic E-state index is 0.0590. The fourth-order valence-corrected chi connectivity index (χ4v) is 3.09. The van der Waals surface area contributed by atoms with Gasteiger partial charge < -0.3 is 9.47 Å². The van der Waals surface area contributed by atoms with E-state index in [4.69, 9.17) is 0 Å². The van der Waals surface area contributed by atoms with Gasteiger partial charge in [-0.25, -0.2) is 0 Å². The fraction of sp³-hybridized carbons (Fsp3) is 0.471. The van der Waals surface area contributed by atoms with E-state index >= 15 is 0 Å². The van der Waals surface area contributed by atoms with E-state index in [0.717, 1.165) is 31.4 Å². The van der Waals surface area contributed by atoms with Crippen LogP contribution in [0.4, 0.5) is 0 Å². The SMILES string of the molecule is Cc1cnn(C[C@H]2CCCCN2C(=O)c2ccn(C)c(=O)c2)c1. The van der Waals surface area contributed by atoms with Crippen LogP contribution in [0.3, 0.4) is 0 Å². The Morgan fingerprint density at radius 1 is 1.39 bits per heavy atom. The van der Waals surface area contributed by atoms with Gasteiger partial charge in [-0.15, -0.1) is 0 Å². The lowest BCUT2D eigenvalue weighted by Gasteiger charge is -2.35. The number of nitrogens with zero attached hydrogens (tertiary/aromatic N) is 4. The van der Waals surface area contributed by atoms with Gasteiger partial charge in [0.2, 0.25) is 0 Å². The average Bonchev–Trinajstić information content (AvgIpc) is 2.95. The van der Waals surface area contributed by atoms with Gasteiger partial charge in [0.05, 0.1) is 18.8 Å². The first kappa shape index (κ1) is 15.5. The number of likely N-dealkylation sites (tertiary alicyclic amines) is 1.